The largest absolute Gasteiger partial charge is 0.492 e. The van der Waals surface area contributed by atoms with E-state index in [1.807, 2.05) is 12.1 Å². The fraction of sp³-hybridized carbons (Fsp3) is 0.222. The van der Waals surface area contributed by atoms with Crippen molar-refractivity contribution in [3.8, 4) is 5.75 Å². The fourth-order valence-corrected chi connectivity index (χ4v) is 1.35. The van der Waals surface area contributed by atoms with Crippen LogP contribution in [0.15, 0.2) is 18.2 Å². The fourth-order valence-electron chi connectivity index (χ4n) is 1.35. The summed E-state index contributed by atoms with van der Waals surface area (Å²) in [6.45, 7) is 0.764. The highest BCUT2D eigenvalue weighted by Gasteiger charge is 2.13. The van der Waals surface area contributed by atoms with Gasteiger partial charge in [-0.15, -0.1) is 0 Å². The quantitative estimate of drug-likeness (QED) is 0.601. The van der Waals surface area contributed by atoms with Crippen molar-refractivity contribution >= 4 is 6.21 Å². The van der Waals surface area contributed by atoms with E-state index in [9.17, 15) is 0 Å². The first-order valence-electron chi connectivity index (χ1n) is 3.67. The molecule has 1 aromatic rings. The van der Waals surface area contributed by atoms with E-state index in [2.05, 4.69) is 6.07 Å². The SMILES string of the molecule is N=Cc1cccc2c1OCC2. The van der Waals surface area contributed by atoms with E-state index >= 15 is 0 Å². The molecule has 0 amide bonds. The molecule has 0 atom stereocenters. The lowest BCUT2D eigenvalue weighted by atomic mass is 10.1. The third-order valence-electron chi connectivity index (χ3n) is 1.90. The molecule has 0 bridgehead atoms. The van der Waals surface area contributed by atoms with Gasteiger partial charge < -0.3 is 10.1 Å². The van der Waals surface area contributed by atoms with E-state index in [4.69, 9.17) is 10.1 Å². The predicted octanol–water partition coefficient (Wildman–Crippen LogP) is 1.62. The molecular weight excluding hydrogens is 138 g/mol. The van der Waals surface area contributed by atoms with Gasteiger partial charge in [0, 0.05) is 18.2 Å². The van der Waals surface area contributed by atoms with Crippen molar-refractivity contribution in [1.82, 2.24) is 0 Å². The average Bonchev–Trinajstić information content (AvgIpc) is 2.50. The molecule has 1 aliphatic heterocycles. The minimum Gasteiger partial charge on any atom is -0.492 e. The Bertz CT molecular complexity index is 294. The Hall–Kier alpha value is -1.31. The number of fused-ring (bicyclic) bond motifs is 1. The van der Waals surface area contributed by atoms with Crippen molar-refractivity contribution in [3.63, 3.8) is 0 Å². The molecule has 0 unspecified atom stereocenters. The summed E-state index contributed by atoms with van der Waals surface area (Å²) in [5, 5.41) is 7.11. The maximum Gasteiger partial charge on any atom is 0.131 e. The van der Waals surface area contributed by atoms with Gasteiger partial charge in [0.15, 0.2) is 0 Å². The molecule has 1 heterocycles. The van der Waals surface area contributed by atoms with Gasteiger partial charge in [-0.25, -0.2) is 0 Å². The summed E-state index contributed by atoms with van der Waals surface area (Å²) >= 11 is 0. The third-order valence-corrected chi connectivity index (χ3v) is 1.90. The lowest BCUT2D eigenvalue weighted by Crippen LogP contribution is -1.89. The van der Waals surface area contributed by atoms with Gasteiger partial charge >= 0.3 is 0 Å². The standard InChI is InChI=1S/C9H9NO/c10-6-8-3-1-2-7-4-5-11-9(7)8/h1-3,6,10H,4-5H2. The van der Waals surface area contributed by atoms with Gasteiger partial charge in [0.2, 0.25) is 0 Å². The maximum absolute atomic E-state index is 7.11. The van der Waals surface area contributed by atoms with Crippen molar-refractivity contribution in [2.75, 3.05) is 6.61 Å². The summed E-state index contributed by atoms with van der Waals surface area (Å²) < 4.78 is 5.37. The van der Waals surface area contributed by atoms with Crippen molar-refractivity contribution in [3.05, 3.63) is 29.3 Å². The topological polar surface area (TPSA) is 33.1 Å². The van der Waals surface area contributed by atoms with Crippen LogP contribution >= 0.6 is 0 Å². The van der Waals surface area contributed by atoms with E-state index in [-0.39, 0.29) is 0 Å². The predicted molar refractivity (Wildman–Crippen MR) is 43.5 cm³/mol. The Balaban J connectivity index is 2.58. The van der Waals surface area contributed by atoms with Gasteiger partial charge in [0.05, 0.1) is 6.61 Å². The summed E-state index contributed by atoms with van der Waals surface area (Å²) in [5.41, 5.74) is 2.12. The van der Waals surface area contributed by atoms with Crippen molar-refractivity contribution < 1.29 is 4.74 Å². The van der Waals surface area contributed by atoms with Crippen molar-refractivity contribution in [2.45, 2.75) is 6.42 Å². The molecule has 0 spiro atoms. The van der Waals surface area contributed by atoms with E-state index < -0.39 is 0 Å². The molecule has 0 saturated carbocycles. The Morgan fingerprint density at radius 1 is 1.45 bits per heavy atom. The number of hydrogen-bond donors (Lipinski definition) is 1. The molecule has 0 fully saturated rings. The molecule has 0 saturated heterocycles. The van der Waals surface area contributed by atoms with Crippen LogP contribution in [0, 0.1) is 5.41 Å². The summed E-state index contributed by atoms with van der Waals surface area (Å²) in [6.07, 6.45) is 2.32. The van der Waals surface area contributed by atoms with Gasteiger partial charge in [-0.2, -0.15) is 0 Å². The lowest BCUT2D eigenvalue weighted by molar-refractivity contribution is 0.356. The minimum atomic E-state index is 0.764. The van der Waals surface area contributed by atoms with Crippen LogP contribution in [0.25, 0.3) is 0 Å². The number of rotatable bonds is 1. The monoisotopic (exact) mass is 147 g/mol. The molecule has 1 aromatic carbocycles. The number of nitrogens with one attached hydrogen (secondary N) is 1. The molecule has 2 rings (SSSR count). The van der Waals surface area contributed by atoms with Gasteiger partial charge in [-0.3, -0.25) is 0 Å². The molecule has 11 heavy (non-hydrogen) atoms. The van der Waals surface area contributed by atoms with Gasteiger partial charge in [0.1, 0.15) is 5.75 Å². The van der Waals surface area contributed by atoms with Crippen LogP contribution in [-0.4, -0.2) is 12.8 Å². The highest BCUT2D eigenvalue weighted by atomic mass is 16.5. The minimum absolute atomic E-state index is 0.764. The van der Waals surface area contributed by atoms with Crippen molar-refractivity contribution in [1.29, 1.82) is 5.41 Å². The molecule has 1 N–H and O–H groups in total. The van der Waals surface area contributed by atoms with Gasteiger partial charge in [-0.1, -0.05) is 12.1 Å². The number of benzene rings is 1. The zero-order valence-corrected chi connectivity index (χ0v) is 6.13. The van der Waals surface area contributed by atoms with Gasteiger partial charge in [0.25, 0.3) is 0 Å². The van der Waals surface area contributed by atoms with Crippen LogP contribution in [0.1, 0.15) is 11.1 Å². The van der Waals surface area contributed by atoms with Crippen molar-refractivity contribution in [2.24, 2.45) is 0 Å². The first-order valence-corrected chi connectivity index (χ1v) is 3.67. The second-order valence-electron chi connectivity index (χ2n) is 2.58. The number of ether oxygens (including phenoxy) is 1. The molecule has 0 radical (unpaired) electrons. The zero-order chi connectivity index (χ0) is 7.68. The number of hydrogen-bond acceptors (Lipinski definition) is 2. The van der Waals surface area contributed by atoms with Crippen LogP contribution in [0.5, 0.6) is 5.75 Å². The summed E-state index contributed by atoms with van der Waals surface area (Å²) in [5.74, 6) is 0.905. The Kier molecular flexibility index (Phi) is 1.39. The van der Waals surface area contributed by atoms with E-state index in [1.165, 1.54) is 11.8 Å². The molecule has 2 heteroatoms. The summed E-state index contributed by atoms with van der Waals surface area (Å²) in [7, 11) is 0. The molecule has 56 valence electrons. The normalized spacial score (nSPS) is 13.8. The highest BCUT2D eigenvalue weighted by Crippen LogP contribution is 2.27. The molecule has 0 aliphatic carbocycles. The summed E-state index contributed by atoms with van der Waals surface area (Å²) in [4.78, 5) is 0. The van der Waals surface area contributed by atoms with E-state index in [0.717, 1.165) is 24.3 Å². The second kappa shape index (κ2) is 2.38. The average molecular weight is 147 g/mol. The van der Waals surface area contributed by atoms with E-state index in [1.54, 1.807) is 0 Å². The molecular formula is C9H9NO. The van der Waals surface area contributed by atoms with Crippen LogP contribution in [0.2, 0.25) is 0 Å². The van der Waals surface area contributed by atoms with Crippen LogP contribution in [0.4, 0.5) is 0 Å². The van der Waals surface area contributed by atoms with Crippen LogP contribution < -0.4 is 4.74 Å². The molecule has 2 nitrogen and oxygen atoms in total. The smallest absolute Gasteiger partial charge is 0.131 e. The third kappa shape index (κ3) is 0.909. The molecule has 0 aromatic heterocycles. The van der Waals surface area contributed by atoms with Crippen LogP contribution in [0.3, 0.4) is 0 Å². The molecule has 1 aliphatic rings. The second-order valence-corrected chi connectivity index (χ2v) is 2.58. The highest BCUT2D eigenvalue weighted by molar-refractivity contribution is 5.82. The first kappa shape index (κ1) is 6.40. The van der Waals surface area contributed by atoms with E-state index in [0.29, 0.717) is 0 Å². The maximum atomic E-state index is 7.11. The summed E-state index contributed by atoms with van der Waals surface area (Å²) in [6, 6.07) is 5.92. The Morgan fingerprint density at radius 3 is 3.18 bits per heavy atom. The Labute approximate surface area is 65.3 Å². The lowest BCUT2D eigenvalue weighted by Gasteiger charge is -2.00. The first-order chi connectivity index (χ1) is 5.42. The van der Waals surface area contributed by atoms with Gasteiger partial charge in [-0.05, 0) is 11.6 Å². The zero-order valence-electron chi connectivity index (χ0n) is 6.13. The number of para-hydroxylation sites is 1. The Morgan fingerprint density at radius 2 is 2.36 bits per heavy atom. The van der Waals surface area contributed by atoms with Crippen LogP contribution in [-0.2, 0) is 6.42 Å².